The van der Waals surface area contributed by atoms with E-state index in [1.165, 1.54) is 73.0 Å². The van der Waals surface area contributed by atoms with E-state index in [0.717, 1.165) is 0 Å². The van der Waals surface area contributed by atoms with E-state index in [1.807, 2.05) is 21.5 Å². The van der Waals surface area contributed by atoms with Gasteiger partial charge in [-0.2, -0.15) is 0 Å². The molecule has 8 aromatic rings. The Morgan fingerprint density at radius 1 is 0.346 bits per heavy atom. The summed E-state index contributed by atoms with van der Waals surface area (Å²) in [5, 5.41) is 17.2. The molecule has 0 saturated heterocycles. The fourth-order valence-electron chi connectivity index (χ4n) is 2.29. The van der Waals surface area contributed by atoms with E-state index >= 15 is 0 Å². The van der Waals surface area contributed by atoms with Gasteiger partial charge in [0.25, 0.3) is 0 Å². The Morgan fingerprint density at radius 2 is 0.558 bits per heavy atom. The van der Waals surface area contributed by atoms with Crippen LogP contribution < -0.4 is 0 Å². The minimum absolute atomic E-state index is 0.0417. The van der Waals surface area contributed by atoms with Gasteiger partial charge >= 0.3 is 0 Å². The number of thiazole rings is 8. The van der Waals surface area contributed by atoms with E-state index in [-0.39, 0.29) is 23.1 Å². The predicted molar refractivity (Wildman–Crippen MR) is 217 cm³/mol. The molecule has 0 atom stereocenters. The van der Waals surface area contributed by atoms with E-state index < -0.39 is 0 Å². The molecule has 0 saturated carbocycles. The summed E-state index contributed by atoms with van der Waals surface area (Å²) >= 11 is 11.9. The van der Waals surface area contributed by atoms with Crippen molar-refractivity contribution in [2.75, 3.05) is 0 Å². The van der Waals surface area contributed by atoms with Crippen molar-refractivity contribution < 1.29 is 19.2 Å². The maximum atomic E-state index is 10.5. The molecular formula is C32H32N8O4S8. The van der Waals surface area contributed by atoms with Crippen LogP contribution in [0.1, 0.15) is 66.9 Å². The van der Waals surface area contributed by atoms with Crippen LogP contribution in [0.15, 0.2) is 115 Å². The van der Waals surface area contributed by atoms with Gasteiger partial charge < -0.3 is 0 Å². The maximum absolute atomic E-state index is 10.5. The fourth-order valence-corrected chi connectivity index (χ4v) is 5.85. The minimum atomic E-state index is 0.0417. The number of rotatable bonds is 4. The van der Waals surface area contributed by atoms with Gasteiger partial charge in [0.1, 0.15) is 0 Å². The second-order valence-electron chi connectivity index (χ2n) is 8.28. The monoisotopic (exact) mass is 848 g/mol. The Balaban J connectivity index is 0.000000300. The van der Waals surface area contributed by atoms with Crippen molar-refractivity contribution in [3.63, 3.8) is 0 Å². The Hall–Kier alpha value is -4.28. The average Bonchev–Trinajstić information content (AvgIpc) is 4.03. The lowest BCUT2D eigenvalue weighted by Crippen LogP contribution is -1.87. The molecule has 0 aliphatic carbocycles. The van der Waals surface area contributed by atoms with Gasteiger partial charge in [-0.1, -0.05) is 0 Å². The predicted octanol–water partition coefficient (Wildman–Crippen LogP) is 9.96. The summed E-state index contributed by atoms with van der Waals surface area (Å²) in [4.78, 5) is 71.9. The van der Waals surface area contributed by atoms with Crippen LogP contribution in [0.2, 0.25) is 0 Å². The molecular weight excluding hydrogens is 817 g/mol. The number of hydrogen-bond acceptors (Lipinski definition) is 20. The van der Waals surface area contributed by atoms with Gasteiger partial charge in [-0.3, -0.25) is 39.1 Å². The van der Waals surface area contributed by atoms with Crippen LogP contribution in [0.25, 0.3) is 0 Å². The highest BCUT2D eigenvalue weighted by molar-refractivity contribution is 7.12. The number of hydrogen-bond donors (Lipinski definition) is 0. The molecule has 0 spiro atoms. The van der Waals surface area contributed by atoms with Crippen LogP contribution in [0.3, 0.4) is 0 Å². The molecule has 8 heterocycles. The number of nitrogens with zero attached hydrogens (tertiary/aromatic N) is 8. The Labute approximate surface area is 332 Å². The Bertz CT molecular complexity index is 1530. The maximum Gasteiger partial charge on any atom is 0.188 e. The third-order valence-corrected chi connectivity index (χ3v) is 9.91. The lowest BCUT2D eigenvalue weighted by atomic mass is 10.5. The molecule has 0 bridgehead atoms. The van der Waals surface area contributed by atoms with Gasteiger partial charge in [-0.15, -0.1) is 90.7 Å². The third-order valence-electron chi connectivity index (χ3n) is 4.32. The molecule has 20 heteroatoms. The van der Waals surface area contributed by atoms with Gasteiger partial charge in [-0.25, -0.2) is 19.9 Å². The Morgan fingerprint density at radius 3 is 0.615 bits per heavy atom. The first kappa shape index (κ1) is 45.7. The summed E-state index contributed by atoms with van der Waals surface area (Å²) in [6.07, 6.45) is 13.6. The average molecular weight is 849 g/mol. The van der Waals surface area contributed by atoms with Crippen LogP contribution in [-0.2, 0) is 0 Å². The molecule has 0 fully saturated rings. The van der Waals surface area contributed by atoms with Gasteiger partial charge in [0, 0.05) is 120 Å². The summed E-state index contributed by atoms with van der Waals surface area (Å²) in [5.41, 5.74) is 7.17. The molecule has 0 radical (unpaired) electrons. The van der Waals surface area contributed by atoms with E-state index in [9.17, 15) is 19.2 Å². The zero-order valence-electron chi connectivity index (χ0n) is 28.0. The van der Waals surface area contributed by atoms with Crippen molar-refractivity contribution in [3.8, 4) is 0 Å². The Kier molecular flexibility index (Phi) is 27.7. The normalized spacial score (nSPS) is 8.69. The van der Waals surface area contributed by atoms with Crippen LogP contribution in [0.5, 0.6) is 0 Å². The third kappa shape index (κ3) is 25.6. The fraction of sp³-hybridized carbons (Fsp3) is 0.125. The highest BCUT2D eigenvalue weighted by Crippen LogP contribution is 2.05. The first-order valence-corrected chi connectivity index (χ1v) is 21.4. The number of carbonyl (C=O) groups is 4. The first-order valence-electron chi connectivity index (χ1n) is 14.1. The molecule has 0 aliphatic heterocycles. The van der Waals surface area contributed by atoms with Crippen LogP contribution in [-0.4, -0.2) is 63.0 Å². The van der Waals surface area contributed by atoms with Crippen molar-refractivity contribution in [2.24, 2.45) is 0 Å². The first-order chi connectivity index (χ1) is 25.2. The number of Topliss-reactive ketones (excluding diaryl/α,β-unsaturated/α-hetero) is 4. The van der Waals surface area contributed by atoms with E-state index in [0.29, 0.717) is 20.0 Å². The van der Waals surface area contributed by atoms with Crippen molar-refractivity contribution in [1.82, 2.24) is 39.9 Å². The summed E-state index contributed by atoms with van der Waals surface area (Å²) < 4.78 is 0. The summed E-state index contributed by atoms with van der Waals surface area (Å²) in [6.45, 7) is 6.05. The number of ketones is 4. The molecule has 0 unspecified atom stereocenters. The zero-order valence-corrected chi connectivity index (χ0v) is 34.6. The van der Waals surface area contributed by atoms with Crippen LogP contribution in [0, 0.1) is 0 Å². The zero-order chi connectivity index (χ0) is 38.1. The number of aromatic nitrogens is 8. The summed E-state index contributed by atoms with van der Waals surface area (Å²) in [5.74, 6) is 0.167. The quantitative estimate of drug-likeness (QED) is 0.154. The summed E-state index contributed by atoms with van der Waals surface area (Å²) in [6, 6.07) is 0. The molecule has 0 amide bonds. The van der Waals surface area contributed by atoms with Gasteiger partial charge in [0.2, 0.25) is 0 Å². The molecule has 0 aromatic carbocycles. The molecule has 52 heavy (non-hydrogen) atoms. The van der Waals surface area contributed by atoms with Crippen molar-refractivity contribution in [2.45, 2.75) is 27.7 Å². The van der Waals surface area contributed by atoms with E-state index in [1.54, 1.807) is 138 Å². The molecule has 8 rings (SSSR count). The lowest BCUT2D eigenvalue weighted by Gasteiger charge is -1.78. The van der Waals surface area contributed by atoms with E-state index in [2.05, 4.69) is 39.9 Å². The SMILES string of the molecule is CC(=O)c1nccs1.CC(=O)c1nccs1.CC(=O)c1nccs1.CC(=O)c1nccs1.c1cscn1.c1cscn1.c1cscn1.c1cscn1. The van der Waals surface area contributed by atoms with Crippen LogP contribution in [0.4, 0.5) is 0 Å². The molecule has 0 N–H and O–H groups in total. The van der Waals surface area contributed by atoms with Gasteiger partial charge in [0.15, 0.2) is 43.2 Å². The topological polar surface area (TPSA) is 171 Å². The minimum Gasteiger partial charge on any atom is -0.292 e. The second-order valence-corrected chi connectivity index (χ2v) is 14.9. The van der Waals surface area contributed by atoms with Crippen LogP contribution >= 0.6 is 90.7 Å². The highest BCUT2D eigenvalue weighted by atomic mass is 32.1. The van der Waals surface area contributed by atoms with Gasteiger partial charge in [0.05, 0.1) is 22.0 Å². The lowest BCUT2D eigenvalue weighted by molar-refractivity contribution is 0.100. The summed E-state index contributed by atoms with van der Waals surface area (Å²) in [7, 11) is 0. The highest BCUT2D eigenvalue weighted by Gasteiger charge is 1.99. The second kappa shape index (κ2) is 31.5. The van der Waals surface area contributed by atoms with Crippen molar-refractivity contribution in [1.29, 1.82) is 0 Å². The smallest absolute Gasteiger partial charge is 0.188 e. The molecule has 272 valence electrons. The molecule has 8 aromatic heterocycles. The number of carbonyl (C=O) groups excluding carboxylic acids is 4. The molecule has 0 aliphatic rings. The van der Waals surface area contributed by atoms with Crippen molar-refractivity contribution >= 4 is 114 Å². The largest absolute Gasteiger partial charge is 0.292 e. The van der Waals surface area contributed by atoms with Crippen molar-refractivity contribution in [3.05, 3.63) is 135 Å². The standard InChI is InChI=1S/4C5H5NOS.4C3H3NS/c4*1-4(7)5-6-2-3-8-5;4*1-2-5-3-4-1/h4*2-3H,1H3;4*1-3H. The molecule has 12 nitrogen and oxygen atoms in total. The van der Waals surface area contributed by atoms with Gasteiger partial charge in [-0.05, 0) is 0 Å². The van der Waals surface area contributed by atoms with E-state index in [4.69, 9.17) is 0 Å².